The topological polar surface area (TPSA) is 63.7 Å². The van der Waals surface area contributed by atoms with Crippen molar-refractivity contribution >= 4 is 21.7 Å². The van der Waals surface area contributed by atoms with Gasteiger partial charge < -0.3 is 4.74 Å². The summed E-state index contributed by atoms with van der Waals surface area (Å²) in [4.78, 5) is 11.9. The molecule has 0 saturated heterocycles. The van der Waals surface area contributed by atoms with Crippen LogP contribution in [0.25, 0.3) is 0 Å². The maximum Gasteiger partial charge on any atom is 0.314 e. The Bertz CT molecular complexity index is 900. The number of sulfonamides is 1. The van der Waals surface area contributed by atoms with Crippen LogP contribution in [0.3, 0.4) is 0 Å². The van der Waals surface area contributed by atoms with Crippen LogP contribution >= 0.6 is 0 Å². The van der Waals surface area contributed by atoms with Gasteiger partial charge >= 0.3 is 5.97 Å². The maximum atomic E-state index is 12.8. The first-order valence-corrected chi connectivity index (χ1v) is 9.61. The van der Waals surface area contributed by atoms with E-state index in [2.05, 4.69) is 0 Å². The number of benzene rings is 2. The largest absolute Gasteiger partial charge is 0.426 e. The number of nitrogens with zero attached hydrogens (tertiary/aromatic N) is 1. The monoisotopic (exact) mass is 359 g/mol. The molecule has 0 aliphatic heterocycles. The summed E-state index contributed by atoms with van der Waals surface area (Å²) in [5.41, 5.74) is 2.48. The lowest BCUT2D eigenvalue weighted by Crippen LogP contribution is -2.26. The molecule has 0 radical (unpaired) electrons. The van der Waals surface area contributed by atoms with Gasteiger partial charge in [-0.1, -0.05) is 6.07 Å². The number of ether oxygens (including phenoxy) is 1. The molecular weight excluding hydrogens is 338 g/mol. The van der Waals surface area contributed by atoms with E-state index >= 15 is 0 Å². The molecule has 0 spiro atoms. The molecule has 2 aromatic rings. The van der Waals surface area contributed by atoms with Gasteiger partial charge in [0.25, 0.3) is 10.0 Å². The van der Waals surface area contributed by atoms with Gasteiger partial charge in [0, 0.05) is 7.05 Å². The summed E-state index contributed by atoms with van der Waals surface area (Å²) >= 11 is 0. The lowest BCUT2D eigenvalue weighted by Gasteiger charge is -2.20. The fraction of sp³-hybridized carbons (Fsp3) is 0.316. The normalized spacial score (nSPS) is 14.2. The quantitative estimate of drug-likeness (QED) is 0.606. The van der Waals surface area contributed by atoms with Crippen LogP contribution in [0, 0.1) is 19.8 Å². The Balaban J connectivity index is 1.80. The zero-order chi connectivity index (χ0) is 18.2. The Labute approximate surface area is 148 Å². The lowest BCUT2D eigenvalue weighted by molar-refractivity contribution is -0.135. The fourth-order valence-corrected chi connectivity index (χ4v) is 3.70. The molecular formula is C19H21NO4S. The number of hydrogen-bond donors (Lipinski definition) is 0. The van der Waals surface area contributed by atoms with Crippen LogP contribution in [0.4, 0.5) is 5.69 Å². The summed E-state index contributed by atoms with van der Waals surface area (Å²) in [6.07, 6.45) is 1.77. The lowest BCUT2D eigenvalue weighted by atomic mass is 10.1. The first-order valence-electron chi connectivity index (χ1n) is 8.17. The van der Waals surface area contributed by atoms with Gasteiger partial charge in [-0.2, -0.15) is 0 Å². The maximum absolute atomic E-state index is 12.8. The van der Waals surface area contributed by atoms with E-state index in [0.29, 0.717) is 11.4 Å². The first kappa shape index (κ1) is 17.5. The van der Waals surface area contributed by atoms with E-state index in [1.54, 1.807) is 42.5 Å². The summed E-state index contributed by atoms with van der Waals surface area (Å²) in [6, 6.07) is 11.6. The molecule has 0 unspecified atom stereocenters. The highest BCUT2D eigenvalue weighted by Gasteiger charge is 2.31. The van der Waals surface area contributed by atoms with Crippen LogP contribution in [0.2, 0.25) is 0 Å². The highest BCUT2D eigenvalue weighted by molar-refractivity contribution is 7.92. The number of aryl methyl sites for hydroxylation is 2. The van der Waals surface area contributed by atoms with Crippen LogP contribution in [-0.4, -0.2) is 21.4 Å². The van der Waals surface area contributed by atoms with Crippen LogP contribution in [-0.2, 0) is 14.8 Å². The van der Waals surface area contributed by atoms with Gasteiger partial charge in [0.1, 0.15) is 5.75 Å². The minimum absolute atomic E-state index is 0.0208. The summed E-state index contributed by atoms with van der Waals surface area (Å²) in [5.74, 6) is 0.231. The third kappa shape index (κ3) is 3.69. The Morgan fingerprint density at radius 2 is 1.68 bits per heavy atom. The molecule has 1 aliphatic rings. The molecule has 132 valence electrons. The van der Waals surface area contributed by atoms with Crippen LogP contribution < -0.4 is 9.04 Å². The average Bonchev–Trinajstić information content (AvgIpc) is 3.42. The highest BCUT2D eigenvalue weighted by atomic mass is 32.2. The second-order valence-corrected chi connectivity index (χ2v) is 8.38. The first-order chi connectivity index (χ1) is 11.8. The minimum atomic E-state index is -3.65. The zero-order valence-corrected chi connectivity index (χ0v) is 15.3. The molecule has 0 aromatic heterocycles. The molecule has 3 rings (SSSR count). The van der Waals surface area contributed by atoms with Crippen molar-refractivity contribution in [1.29, 1.82) is 0 Å². The van der Waals surface area contributed by atoms with E-state index in [-0.39, 0.29) is 16.8 Å². The van der Waals surface area contributed by atoms with Crippen molar-refractivity contribution in [3.05, 3.63) is 53.6 Å². The van der Waals surface area contributed by atoms with Gasteiger partial charge in [0.2, 0.25) is 0 Å². The molecule has 25 heavy (non-hydrogen) atoms. The molecule has 5 nitrogen and oxygen atoms in total. The highest BCUT2D eigenvalue weighted by Crippen LogP contribution is 2.31. The van der Waals surface area contributed by atoms with Gasteiger partial charge in [-0.15, -0.1) is 0 Å². The summed E-state index contributed by atoms with van der Waals surface area (Å²) < 4.78 is 32.1. The molecule has 6 heteroatoms. The van der Waals surface area contributed by atoms with E-state index in [4.69, 9.17) is 4.74 Å². The number of anilines is 1. The molecule has 1 fully saturated rings. The molecule has 1 saturated carbocycles. The van der Waals surface area contributed by atoms with E-state index in [9.17, 15) is 13.2 Å². The second-order valence-electron chi connectivity index (χ2n) is 6.41. The second kappa shape index (κ2) is 6.52. The molecule has 0 heterocycles. The number of carbonyl (C=O) groups excluding carboxylic acids is 1. The summed E-state index contributed by atoms with van der Waals surface area (Å²) in [6.45, 7) is 3.83. The van der Waals surface area contributed by atoms with Crippen molar-refractivity contribution in [2.45, 2.75) is 31.6 Å². The summed E-state index contributed by atoms with van der Waals surface area (Å²) in [7, 11) is -2.14. The van der Waals surface area contributed by atoms with E-state index in [1.165, 1.54) is 11.4 Å². The van der Waals surface area contributed by atoms with Crippen LogP contribution in [0.15, 0.2) is 47.4 Å². The van der Waals surface area contributed by atoms with Crippen molar-refractivity contribution in [1.82, 2.24) is 0 Å². The van der Waals surface area contributed by atoms with Crippen molar-refractivity contribution in [3.8, 4) is 5.75 Å². The SMILES string of the molecule is Cc1ccc(S(=O)(=O)N(C)c2ccc(OC(=O)C3CC3)cc2)cc1C. The third-order valence-corrected chi connectivity index (χ3v) is 6.25. The van der Waals surface area contributed by atoms with Crippen molar-refractivity contribution in [2.75, 3.05) is 11.4 Å². The fourth-order valence-electron chi connectivity index (χ4n) is 2.41. The van der Waals surface area contributed by atoms with Gasteiger partial charge in [0.05, 0.1) is 16.5 Å². The van der Waals surface area contributed by atoms with Gasteiger partial charge in [0.15, 0.2) is 0 Å². The molecule has 0 N–H and O–H groups in total. The number of carbonyl (C=O) groups is 1. The predicted octanol–water partition coefficient (Wildman–Crippen LogP) is 3.44. The van der Waals surface area contributed by atoms with Crippen molar-refractivity contribution in [2.24, 2.45) is 5.92 Å². The molecule has 2 aromatic carbocycles. The van der Waals surface area contributed by atoms with E-state index < -0.39 is 10.0 Å². The van der Waals surface area contributed by atoms with Crippen molar-refractivity contribution < 1.29 is 17.9 Å². The molecule has 1 aliphatic carbocycles. The van der Waals surface area contributed by atoms with Crippen LogP contribution in [0.5, 0.6) is 5.75 Å². The Hall–Kier alpha value is -2.34. The number of rotatable bonds is 5. The average molecular weight is 359 g/mol. The van der Waals surface area contributed by atoms with Gasteiger partial charge in [-0.05, 0) is 74.2 Å². The van der Waals surface area contributed by atoms with Gasteiger partial charge in [-0.3, -0.25) is 9.10 Å². The van der Waals surface area contributed by atoms with Crippen LogP contribution in [0.1, 0.15) is 24.0 Å². The van der Waals surface area contributed by atoms with Gasteiger partial charge in [-0.25, -0.2) is 8.42 Å². The smallest absolute Gasteiger partial charge is 0.314 e. The minimum Gasteiger partial charge on any atom is -0.426 e. The predicted molar refractivity (Wildman–Crippen MR) is 96.3 cm³/mol. The third-order valence-electron chi connectivity index (χ3n) is 4.47. The van der Waals surface area contributed by atoms with E-state index in [0.717, 1.165) is 24.0 Å². The Morgan fingerprint density at radius 3 is 2.24 bits per heavy atom. The number of hydrogen-bond acceptors (Lipinski definition) is 4. The molecule has 0 amide bonds. The van der Waals surface area contributed by atoms with Crippen molar-refractivity contribution in [3.63, 3.8) is 0 Å². The molecule has 0 bridgehead atoms. The number of esters is 1. The summed E-state index contributed by atoms with van der Waals surface area (Å²) in [5, 5.41) is 0. The molecule has 0 atom stereocenters. The Morgan fingerprint density at radius 1 is 1.04 bits per heavy atom. The van der Waals surface area contributed by atoms with E-state index in [1.807, 2.05) is 13.8 Å². The zero-order valence-electron chi connectivity index (χ0n) is 14.5. The Kier molecular flexibility index (Phi) is 4.56. The standard InChI is InChI=1S/C19H21NO4S/c1-13-4-11-18(12-14(13)2)25(22,23)20(3)16-7-9-17(10-8-16)24-19(21)15-5-6-15/h4,7-12,15H,5-6H2,1-3H3.